The summed E-state index contributed by atoms with van der Waals surface area (Å²) >= 11 is 0. The number of rotatable bonds is 4. The second-order valence-electron chi connectivity index (χ2n) is 9.36. The van der Waals surface area contributed by atoms with Crippen molar-refractivity contribution in [2.24, 2.45) is 11.8 Å². The average molecular weight is 357 g/mol. The third-order valence-corrected chi connectivity index (χ3v) is 7.28. The number of nitrogens with zero attached hydrogens (tertiary/aromatic N) is 2. The van der Waals surface area contributed by atoms with Crippen molar-refractivity contribution in [3.63, 3.8) is 0 Å². The van der Waals surface area contributed by atoms with Crippen molar-refractivity contribution < 1.29 is 5.11 Å². The van der Waals surface area contributed by atoms with E-state index in [4.69, 9.17) is 0 Å². The topological polar surface area (TPSA) is 26.7 Å². The van der Waals surface area contributed by atoms with E-state index in [9.17, 15) is 5.11 Å². The predicted octanol–water partition coefficient (Wildman–Crippen LogP) is 3.88. The van der Waals surface area contributed by atoms with E-state index in [0.717, 1.165) is 43.8 Å². The number of benzene rings is 1. The van der Waals surface area contributed by atoms with E-state index in [0.29, 0.717) is 0 Å². The molecule has 0 bridgehead atoms. The van der Waals surface area contributed by atoms with E-state index in [1.54, 1.807) is 0 Å². The molecule has 2 saturated heterocycles. The average Bonchev–Trinajstić information content (AvgIpc) is 3.10. The Labute approximate surface area is 159 Å². The lowest BCUT2D eigenvalue weighted by Crippen LogP contribution is -2.37. The molecule has 26 heavy (non-hydrogen) atoms. The van der Waals surface area contributed by atoms with Gasteiger partial charge in [-0.05, 0) is 81.5 Å². The van der Waals surface area contributed by atoms with E-state index in [-0.39, 0.29) is 6.10 Å². The van der Waals surface area contributed by atoms with Gasteiger partial charge in [0.25, 0.3) is 0 Å². The van der Waals surface area contributed by atoms with Crippen LogP contribution in [0.3, 0.4) is 0 Å². The minimum atomic E-state index is -0.0361. The Bertz CT molecular complexity index is 629. The zero-order chi connectivity index (χ0) is 18.3. The SMILES string of the molecule is Cc1cc(CN2C[C@H]3CC(O)C[C@H]3C2)c(C)c(CN2CCCCC2C)c1. The van der Waals surface area contributed by atoms with Gasteiger partial charge in [-0.3, -0.25) is 9.80 Å². The van der Waals surface area contributed by atoms with Gasteiger partial charge in [0, 0.05) is 32.2 Å². The molecule has 3 aliphatic rings. The van der Waals surface area contributed by atoms with Gasteiger partial charge in [-0.1, -0.05) is 24.1 Å². The lowest BCUT2D eigenvalue weighted by atomic mass is 9.96. The largest absolute Gasteiger partial charge is 0.393 e. The zero-order valence-corrected chi connectivity index (χ0v) is 16.9. The maximum atomic E-state index is 9.88. The summed E-state index contributed by atoms with van der Waals surface area (Å²) in [5, 5.41) is 9.88. The highest BCUT2D eigenvalue weighted by molar-refractivity contribution is 5.38. The third-order valence-electron chi connectivity index (χ3n) is 7.28. The molecule has 1 saturated carbocycles. The number of aliphatic hydroxyl groups is 1. The highest BCUT2D eigenvalue weighted by atomic mass is 16.3. The van der Waals surface area contributed by atoms with Gasteiger partial charge in [0.2, 0.25) is 0 Å². The fourth-order valence-electron chi connectivity index (χ4n) is 5.69. The molecule has 1 N–H and O–H groups in total. The van der Waals surface area contributed by atoms with Gasteiger partial charge in [-0.25, -0.2) is 0 Å². The van der Waals surface area contributed by atoms with Crippen molar-refractivity contribution in [1.29, 1.82) is 0 Å². The predicted molar refractivity (Wildman–Crippen MR) is 107 cm³/mol. The minimum absolute atomic E-state index is 0.0361. The summed E-state index contributed by atoms with van der Waals surface area (Å²) in [5.41, 5.74) is 5.96. The molecule has 3 nitrogen and oxygen atoms in total. The van der Waals surface area contributed by atoms with Crippen LogP contribution in [-0.2, 0) is 13.1 Å². The molecule has 0 spiro atoms. The normalized spacial score (nSPS) is 32.9. The second-order valence-corrected chi connectivity index (χ2v) is 9.36. The number of aryl methyl sites for hydroxylation is 1. The number of fused-ring (bicyclic) bond motifs is 1. The molecular formula is C23H36N2O. The fourth-order valence-corrected chi connectivity index (χ4v) is 5.69. The number of hydrogen-bond donors (Lipinski definition) is 1. The number of likely N-dealkylation sites (tertiary alicyclic amines) is 2. The Morgan fingerprint density at radius 1 is 1.00 bits per heavy atom. The molecule has 2 aliphatic heterocycles. The standard InChI is InChI=1S/C23H36N2O/c1-16-8-19(12-24-13-21-10-23(26)11-22(21)14-24)18(3)20(9-16)15-25-7-5-4-6-17(25)2/h8-9,17,21-23,26H,4-7,10-15H2,1-3H3/t17?,21-,22+,23?. The molecule has 144 valence electrons. The summed E-state index contributed by atoms with van der Waals surface area (Å²) in [4.78, 5) is 5.31. The first kappa shape index (κ1) is 18.5. The fraction of sp³-hybridized carbons (Fsp3) is 0.739. The smallest absolute Gasteiger partial charge is 0.0546 e. The summed E-state index contributed by atoms with van der Waals surface area (Å²) in [7, 11) is 0. The number of hydrogen-bond acceptors (Lipinski definition) is 3. The van der Waals surface area contributed by atoms with Crippen LogP contribution < -0.4 is 0 Å². The van der Waals surface area contributed by atoms with Crippen LogP contribution in [0.5, 0.6) is 0 Å². The van der Waals surface area contributed by atoms with Crippen LogP contribution in [0.1, 0.15) is 61.3 Å². The van der Waals surface area contributed by atoms with Gasteiger partial charge in [0.15, 0.2) is 0 Å². The molecule has 0 radical (unpaired) electrons. The van der Waals surface area contributed by atoms with E-state index < -0.39 is 0 Å². The molecule has 2 unspecified atom stereocenters. The van der Waals surface area contributed by atoms with Crippen LogP contribution >= 0.6 is 0 Å². The summed E-state index contributed by atoms with van der Waals surface area (Å²) in [5.74, 6) is 1.45. The van der Waals surface area contributed by atoms with Crippen LogP contribution in [-0.4, -0.2) is 46.7 Å². The van der Waals surface area contributed by atoms with Crippen LogP contribution in [0.2, 0.25) is 0 Å². The summed E-state index contributed by atoms with van der Waals surface area (Å²) < 4.78 is 0. The van der Waals surface area contributed by atoms with Gasteiger partial charge in [0.1, 0.15) is 0 Å². The maximum absolute atomic E-state index is 9.88. The summed E-state index contributed by atoms with van der Waals surface area (Å²) in [6, 6.07) is 5.54. The quantitative estimate of drug-likeness (QED) is 0.887. The molecule has 1 aromatic rings. The van der Waals surface area contributed by atoms with Crippen LogP contribution in [0, 0.1) is 25.7 Å². The van der Waals surface area contributed by atoms with Crippen LogP contribution in [0.4, 0.5) is 0 Å². The first-order valence-electron chi connectivity index (χ1n) is 10.7. The molecule has 3 heteroatoms. The monoisotopic (exact) mass is 356 g/mol. The third kappa shape index (κ3) is 3.85. The highest BCUT2D eigenvalue weighted by Gasteiger charge is 2.40. The van der Waals surface area contributed by atoms with Crippen LogP contribution in [0.25, 0.3) is 0 Å². The van der Waals surface area contributed by atoms with Gasteiger partial charge < -0.3 is 5.11 Å². The first-order chi connectivity index (χ1) is 12.5. The maximum Gasteiger partial charge on any atom is 0.0546 e. The molecule has 0 amide bonds. The highest BCUT2D eigenvalue weighted by Crippen LogP contribution is 2.38. The second kappa shape index (κ2) is 7.61. The molecule has 1 aliphatic carbocycles. The Kier molecular flexibility index (Phi) is 5.41. The van der Waals surface area contributed by atoms with E-state index >= 15 is 0 Å². The van der Waals surface area contributed by atoms with E-state index in [1.165, 1.54) is 61.2 Å². The van der Waals surface area contributed by atoms with Crippen LogP contribution in [0.15, 0.2) is 12.1 Å². The number of piperidine rings is 1. The van der Waals surface area contributed by atoms with Crippen molar-refractivity contribution in [3.8, 4) is 0 Å². The first-order valence-corrected chi connectivity index (χ1v) is 10.7. The van der Waals surface area contributed by atoms with Crippen molar-refractivity contribution in [3.05, 3.63) is 34.4 Å². The van der Waals surface area contributed by atoms with Gasteiger partial charge in [-0.2, -0.15) is 0 Å². The van der Waals surface area contributed by atoms with Crippen molar-refractivity contribution >= 4 is 0 Å². The molecule has 2 heterocycles. The Morgan fingerprint density at radius 2 is 1.65 bits per heavy atom. The van der Waals surface area contributed by atoms with E-state index in [2.05, 4.69) is 42.7 Å². The zero-order valence-electron chi connectivity index (χ0n) is 16.9. The van der Waals surface area contributed by atoms with Gasteiger partial charge >= 0.3 is 0 Å². The lowest BCUT2D eigenvalue weighted by molar-refractivity contribution is 0.152. The van der Waals surface area contributed by atoms with Gasteiger partial charge in [0.05, 0.1) is 6.10 Å². The molecular weight excluding hydrogens is 320 g/mol. The Morgan fingerprint density at radius 3 is 2.31 bits per heavy atom. The van der Waals surface area contributed by atoms with Gasteiger partial charge in [-0.15, -0.1) is 0 Å². The molecule has 4 atom stereocenters. The summed E-state index contributed by atoms with van der Waals surface area (Å²) in [6.07, 6.45) is 6.09. The number of aliphatic hydroxyl groups excluding tert-OH is 1. The van der Waals surface area contributed by atoms with Crippen molar-refractivity contribution in [2.75, 3.05) is 19.6 Å². The molecule has 1 aromatic carbocycles. The molecule has 0 aromatic heterocycles. The van der Waals surface area contributed by atoms with Crippen molar-refractivity contribution in [1.82, 2.24) is 9.80 Å². The summed E-state index contributed by atoms with van der Waals surface area (Å²) in [6.45, 7) is 12.8. The minimum Gasteiger partial charge on any atom is -0.393 e. The van der Waals surface area contributed by atoms with Crippen molar-refractivity contribution in [2.45, 2.75) is 78.1 Å². The molecule has 4 rings (SSSR count). The van der Waals surface area contributed by atoms with E-state index in [1.807, 2.05) is 0 Å². The molecule has 3 fully saturated rings. The lowest BCUT2D eigenvalue weighted by Gasteiger charge is -2.34. The Hall–Kier alpha value is -0.900. The Balaban J connectivity index is 1.46.